The van der Waals surface area contributed by atoms with Gasteiger partial charge in [-0.3, -0.25) is 9.59 Å². The van der Waals surface area contributed by atoms with Crippen molar-refractivity contribution in [1.29, 1.82) is 0 Å². The summed E-state index contributed by atoms with van der Waals surface area (Å²) in [4.78, 5) is 28.1. The minimum absolute atomic E-state index is 0.0141. The number of amides is 1. The van der Waals surface area contributed by atoms with Crippen molar-refractivity contribution in [2.24, 2.45) is 0 Å². The second kappa shape index (κ2) is 11.0. The van der Waals surface area contributed by atoms with Gasteiger partial charge in [0.1, 0.15) is 23.0 Å². The molecule has 7 nitrogen and oxygen atoms in total. The molecule has 1 fully saturated rings. The number of aliphatic hydroxyl groups excluding tert-OH is 1. The number of nitrogens with zero attached hydrogens (tertiary/aromatic N) is 1. The number of rotatable bonds is 8. The molecule has 3 aromatic carbocycles. The van der Waals surface area contributed by atoms with Gasteiger partial charge in [-0.25, -0.2) is 0 Å². The first-order valence-corrected chi connectivity index (χ1v) is 12.1. The average molecular weight is 522 g/mol. The first-order chi connectivity index (χ1) is 17.7. The Morgan fingerprint density at radius 3 is 2.24 bits per heavy atom. The zero-order valence-electron chi connectivity index (χ0n) is 21.0. The Bertz CT molecular complexity index is 1350. The number of likely N-dealkylation sites (tertiary alicyclic amines) is 1. The topological polar surface area (TPSA) is 85.3 Å². The Hall–Kier alpha value is -3.97. The van der Waals surface area contributed by atoms with Gasteiger partial charge in [0.05, 0.1) is 37.0 Å². The minimum atomic E-state index is -0.860. The zero-order valence-corrected chi connectivity index (χ0v) is 21.8. The monoisotopic (exact) mass is 521 g/mol. The number of carbonyl (C=O) groups is 2. The van der Waals surface area contributed by atoms with Crippen LogP contribution < -0.4 is 14.2 Å². The second-order valence-corrected chi connectivity index (χ2v) is 9.27. The molecule has 0 bridgehead atoms. The minimum Gasteiger partial charge on any atom is -0.507 e. The third-order valence-electron chi connectivity index (χ3n) is 6.02. The molecule has 0 radical (unpaired) electrons. The summed E-state index contributed by atoms with van der Waals surface area (Å²) in [5.41, 5.74) is 1.55. The van der Waals surface area contributed by atoms with Crippen molar-refractivity contribution in [3.8, 4) is 17.2 Å². The van der Waals surface area contributed by atoms with Crippen molar-refractivity contribution in [3.63, 3.8) is 0 Å². The number of ether oxygens (including phenoxy) is 3. The summed E-state index contributed by atoms with van der Waals surface area (Å²) in [5, 5.41) is 11.6. The van der Waals surface area contributed by atoms with Crippen molar-refractivity contribution in [3.05, 3.63) is 94.0 Å². The molecule has 0 spiro atoms. The smallest absolute Gasteiger partial charge is 0.295 e. The third-order valence-corrected chi connectivity index (χ3v) is 6.35. The SMILES string of the molecule is COc1cccc(CN2C(=O)C(=O)/C(=C(/O)c3cc(OC)ccc3Cl)C2c2ccc(OC(C)C)cc2)c1. The van der Waals surface area contributed by atoms with Crippen LogP contribution in [0, 0.1) is 0 Å². The average Bonchev–Trinajstić information content (AvgIpc) is 3.13. The van der Waals surface area contributed by atoms with Crippen LogP contribution in [0.1, 0.15) is 36.6 Å². The number of methoxy groups -OCH3 is 2. The highest BCUT2D eigenvalue weighted by Gasteiger charge is 2.46. The van der Waals surface area contributed by atoms with E-state index in [9.17, 15) is 14.7 Å². The van der Waals surface area contributed by atoms with Gasteiger partial charge >= 0.3 is 0 Å². The van der Waals surface area contributed by atoms with Crippen LogP contribution in [0.25, 0.3) is 5.76 Å². The van der Waals surface area contributed by atoms with Gasteiger partial charge in [-0.05, 0) is 67.4 Å². The van der Waals surface area contributed by atoms with E-state index in [4.69, 9.17) is 25.8 Å². The highest BCUT2D eigenvalue weighted by atomic mass is 35.5. The van der Waals surface area contributed by atoms with E-state index in [0.29, 0.717) is 22.8 Å². The van der Waals surface area contributed by atoms with Crippen molar-refractivity contribution in [2.75, 3.05) is 14.2 Å². The molecule has 1 atom stereocenters. The van der Waals surface area contributed by atoms with Gasteiger partial charge in [-0.15, -0.1) is 0 Å². The van der Waals surface area contributed by atoms with Crippen LogP contribution in [0.2, 0.25) is 5.02 Å². The van der Waals surface area contributed by atoms with Crippen LogP contribution >= 0.6 is 11.6 Å². The molecule has 3 aromatic rings. The first-order valence-electron chi connectivity index (χ1n) is 11.7. The van der Waals surface area contributed by atoms with Crippen molar-refractivity contribution >= 4 is 29.1 Å². The number of halogens is 1. The van der Waals surface area contributed by atoms with Crippen LogP contribution in [-0.2, 0) is 16.1 Å². The lowest BCUT2D eigenvalue weighted by atomic mass is 9.95. The van der Waals surface area contributed by atoms with Gasteiger partial charge in [0.25, 0.3) is 11.7 Å². The molecular formula is C29H28ClNO6. The van der Waals surface area contributed by atoms with Crippen molar-refractivity contribution < 1.29 is 28.9 Å². The Labute approximate surface area is 220 Å². The summed E-state index contributed by atoms with van der Waals surface area (Å²) < 4.78 is 16.3. The molecule has 1 saturated heterocycles. The number of aliphatic hydroxyl groups is 1. The van der Waals surface area contributed by atoms with E-state index in [0.717, 1.165) is 5.56 Å². The predicted octanol–water partition coefficient (Wildman–Crippen LogP) is 5.77. The third kappa shape index (κ3) is 5.42. The summed E-state index contributed by atoms with van der Waals surface area (Å²) in [5.74, 6) is -0.169. The number of benzene rings is 3. The van der Waals surface area contributed by atoms with Crippen LogP contribution in [0.3, 0.4) is 0 Å². The molecule has 0 aromatic heterocycles. The molecule has 192 valence electrons. The molecule has 1 aliphatic heterocycles. The number of hydrogen-bond donors (Lipinski definition) is 1. The summed E-state index contributed by atoms with van der Waals surface area (Å²) in [6, 6.07) is 18.3. The molecule has 1 N–H and O–H groups in total. The molecule has 37 heavy (non-hydrogen) atoms. The Morgan fingerprint density at radius 1 is 0.946 bits per heavy atom. The molecular weight excluding hydrogens is 494 g/mol. The Morgan fingerprint density at radius 2 is 1.59 bits per heavy atom. The highest BCUT2D eigenvalue weighted by molar-refractivity contribution is 6.47. The summed E-state index contributed by atoms with van der Waals surface area (Å²) in [6.45, 7) is 3.98. The number of ketones is 1. The Kier molecular flexibility index (Phi) is 7.74. The highest BCUT2D eigenvalue weighted by Crippen LogP contribution is 2.42. The van der Waals surface area contributed by atoms with E-state index in [1.807, 2.05) is 26.0 Å². The lowest BCUT2D eigenvalue weighted by molar-refractivity contribution is -0.140. The fourth-order valence-corrected chi connectivity index (χ4v) is 4.52. The van der Waals surface area contributed by atoms with Gasteiger partial charge in [-0.1, -0.05) is 35.9 Å². The van der Waals surface area contributed by atoms with E-state index in [1.54, 1.807) is 55.6 Å². The van der Waals surface area contributed by atoms with E-state index < -0.39 is 17.7 Å². The van der Waals surface area contributed by atoms with Crippen LogP contribution in [-0.4, -0.2) is 42.0 Å². The molecule has 8 heteroatoms. The standard InChI is InChI=1S/C29H28ClNO6/c1-17(2)37-20-10-8-19(9-11-20)26-25(27(32)23-15-22(36-4)12-13-24(23)30)28(33)29(34)31(26)16-18-6-5-7-21(14-18)35-3/h5-15,17,26,32H,16H2,1-4H3/b27-25+. The number of hydrogen-bond acceptors (Lipinski definition) is 6. The van der Waals surface area contributed by atoms with Crippen LogP contribution in [0.15, 0.2) is 72.3 Å². The van der Waals surface area contributed by atoms with Gasteiger partial charge in [0.15, 0.2) is 0 Å². The van der Waals surface area contributed by atoms with Gasteiger partial charge < -0.3 is 24.2 Å². The number of carbonyl (C=O) groups excluding carboxylic acids is 2. The molecule has 0 saturated carbocycles. The van der Waals surface area contributed by atoms with Crippen LogP contribution in [0.4, 0.5) is 0 Å². The van der Waals surface area contributed by atoms with Crippen LogP contribution in [0.5, 0.6) is 17.2 Å². The van der Waals surface area contributed by atoms with Gasteiger partial charge in [0, 0.05) is 12.1 Å². The summed E-state index contributed by atoms with van der Waals surface area (Å²) in [6.07, 6.45) is -0.0141. The molecule has 1 unspecified atom stereocenters. The zero-order chi connectivity index (χ0) is 26.7. The molecule has 1 amide bonds. The lowest BCUT2D eigenvalue weighted by Gasteiger charge is -2.26. The molecule has 1 heterocycles. The normalized spacial score (nSPS) is 16.8. The lowest BCUT2D eigenvalue weighted by Crippen LogP contribution is -2.29. The fraction of sp³-hybridized carbons (Fsp3) is 0.241. The maximum absolute atomic E-state index is 13.4. The molecule has 4 rings (SSSR count). The predicted molar refractivity (Wildman–Crippen MR) is 141 cm³/mol. The summed E-state index contributed by atoms with van der Waals surface area (Å²) >= 11 is 6.38. The quantitative estimate of drug-likeness (QED) is 0.230. The molecule has 0 aliphatic carbocycles. The molecule has 1 aliphatic rings. The maximum atomic E-state index is 13.4. The van der Waals surface area contributed by atoms with Gasteiger partial charge in [-0.2, -0.15) is 0 Å². The van der Waals surface area contributed by atoms with E-state index in [1.165, 1.54) is 18.1 Å². The van der Waals surface area contributed by atoms with Gasteiger partial charge in [0.2, 0.25) is 0 Å². The summed E-state index contributed by atoms with van der Waals surface area (Å²) in [7, 11) is 3.05. The fourth-order valence-electron chi connectivity index (χ4n) is 4.32. The number of Topliss-reactive ketones (excluding diaryl/α,β-unsaturated/α-hetero) is 1. The second-order valence-electron chi connectivity index (χ2n) is 8.86. The maximum Gasteiger partial charge on any atom is 0.295 e. The van der Waals surface area contributed by atoms with E-state index in [-0.39, 0.29) is 34.6 Å². The van der Waals surface area contributed by atoms with E-state index in [2.05, 4.69) is 0 Å². The van der Waals surface area contributed by atoms with Crippen molar-refractivity contribution in [2.45, 2.75) is 32.5 Å². The van der Waals surface area contributed by atoms with E-state index >= 15 is 0 Å². The first kappa shape index (κ1) is 26.1. The van der Waals surface area contributed by atoms with Crippen molar-refractivity contribution in [1.82, 2.24) is 4.90 Å². The largest absolute Gasteiger partial charge is 0.507 e. The Balaban J connectivity index is 1.86.